The fraction of sp³-hybridized carbons (Fsp3) is 0.435. The van der Waals surface area contributed by atoms with Gasteiger partial charge in [-0.3, -0.25) is 9.59 Å². The van der Waals surface area contributed by atoms with Crippen LogP contribution in [-0.4, -0.2) is 65.9 Å². The number of nitrogens with zero attached hydrogens (tertiary/aromatic N) is 4. The molecule has 1 saturated heterocycles. The Morgan fingerprint density at radius 3 is 2.35 bits per heavy atom. The summed E-state index contributed by atoms with van der Waals surface area (Å²) < 4.78 is 1.07. The highest BCUT2D eigenvalue weighted by molar-refractivity contribution is 7.29. The zero-order valence-electron chi connectivity index (χ0n) is 18.3. The van der Waals surface area contributed by atoms with E-state index in [0.29, 0.717) is 31.7 Å². The Kier molecular flexibility index (Phi) is 6.57. The molecule has 6 nitrogen and oxygen atoms in total. The SMILES string of the molecule is CCN(CC)c1nc2sc(C(=O)N3CCCN(C(=O)c4cccc(C)c4)CC3)cc2s1. The van der Waals surface area contributed by atoms with Crippen LogP contribution >= 0.6 is 22.7 Å². The molecule has 1 aliphatic heterocycles. The average molecular weight is 457 g/mol. The molecule has 4 rings (SSSR count). The van der Waals surface area contributed by atoms with Crippen LogP contribution in [0.4, 0.5) is 5.13 Å². The van der Waals surface area contributed by atoms with E-state index < -0.39 is 0 Å². The zero-order chi connectivity index (χ0) is 22.0. The number of anilines is 1. The summed E-state index contributed by atoms with van der Waals surface area (Å²) >= 11 is 3.12. The minimum absolute atomic E-state index is 0.0442. The maximum absolute atomic E-state index is 13.1. The Morgan fingerprint density at radius 2 is 1.71 bits per heavy atom. The van der Waals surface area contributed by atoms with Crippen molar-refractivity contribution in [3.05, 3.63) is 46.3 Å². The van der Waals surface area contributed by atoms with Gasteiger partial charge in [0.25, 0.3) is 11.8 Å². The predicted molar refractivity (Wildman–Crippen MR) is 129 cm³/mol. The molecule has 8 heteroatoms. The van der Waals surface area contributed by atoms with Crippen molar-refractivity contribution in [2.45, 2.75) is 27.2 Å². The second-order valence-electron chi connectivity index (χ2n) is 7.76. The molecule has 0 bridgehead atoms. The third-order valence-electron chi connectivity index (χ3n) is 5.66. The molecule has 0 spiro atoms. The van der Waals surface area contributed by atoms with Gasteiger partial charge in [-0.1, -0.05) is 29.0 Å². The molecule has 1 fully saturated rings. The largest absolute Gasteiger partial charge is 0.349 e. The van der Waals surface area contributed by atoms with Crippen molar-refractivity contribution in [3.8, 4) is 0 Å². The molecule has 1 aromatic carbocycles. The van der Waals surface area contributed by atoms with Gasteiger partial charge in [0, 0.05) is 44.8 Å². The molecular formula is C23H28N4O2S2. The monoisotopic (exact) mass is 456 g/mol. The number of thiazole rings is 1. The Bertz CT molecular complexity index is 1050. The Balaban J connectivity index is 1.43. The first-order valence-corrected chi connectivity index (χ1v) is 12.4. The van der Waals surface area contributed by atoms with Gasteiger partial charge in [-0.05, 0) is 45.4 Å². The van der Waals surface area contributed by atoms with Gasteiger partial charge >= 0.3 is 0 Å². The van der Waals surface area contributed by atoms with Crippen molar-refractivity contribution in [1.29, 1.82) is 0 Å². The summed E-state index contributed by atoms with van der Waals surface area (Å²) in [5.41, 5.74) is 1.79. The van der Waals surface area contributed by atoms with Crippen LogP contribution in [0.5, 0.6) is 0 Å². The molecule has 0 N–H and O–H groups in total. The highest BCUT2D eigenvalue weighted by atomic mass is 32.1. The van der Waals surface area contributed by atoms with Crippen molar-refractivity contribution in [2.24, 2.45) is 0 Å². The van der Waals surface area contributed by atoms with E-state index in [9.17, 15) is 9.59 Å². The summed E-state index contributed by atoms with van der Waals surface area (Å²) in [6.45, 7) is 10.5. The van der Waals surface area contributed by atoms with Crippen LogP contribution < -0.4 is 4.90 Å². The van der Waals surface area contributed by atoms with Crippen LogP contribution in [-0.2, 0) is 0 Å². The van der Waals surface area contributed by atoms with Crippen LogP contribution in [0, 0.1) is 6.92 Å². The van der Waals surface area contributed by atoms with Crippen molar-refractivity contribution >= 4 is 49.1 Å². The third-order valence-corrected chi connectivity index (χ3v) is 7.87. The van der Waals surface area contributed by atoms with Gasteiger partial charge in [-0.15, -0.1) is 11.3 Å². The topological polar surface area (TPSA) is 56.8 Å². The van der Waals surface area contributed by atoms with Crippen LogP contribution in [0.15, 0.2) is 30.3 Å². The number of hydrogen-bond donors (Lipinski definition) is 0. The summed E-state index contributed by atoms with van der Waals surface area (Å²) in [7, 11) is 0. The molecule has 0 saturated carbocycles. The number of fused-ring (bicyclic) bond motifs is 1. The van der Waals surface area contributed by atoms with Gasteiger partial charge in [0.2, 0.25) is 0 Å². The molecule has 0 atom stereocenters. The van der Waals surface area contributed by atoms with Crippen molar-refractivity contribution < 1.29 is 9.59 Å². The first-order chi connectivity index (χ1) is 15.0. The zero-order valence-corrected chi connectivity index (χ0v) is 19.9. The lowest BCUT2D eigenvalue weighted by molar-refractivity contribution is 0.0721. The van der Waals surface area contributed by atoms with Gasteiger partial charge < -0.3 is 14.7 Å². The molecule has 3 heterocycles. The van der Waals surface area contributed by atoms with Gasteiger partial charge in [0.1, 0.15) is 4.83 Å². The molecule has 0 aliphatic carbocycles. The van der Waals surface area contributed by atoms with E-state index in [1.54, 1.807) is 11.3 Å². The molecule has 2 aromatic heterocycles. The number of carbonyl (C=O) groups excluding carboxylic acids is 2. The number of aryl methyl sites for hydroxylation is 1. The first kappa shape index (κ1) is 21.8. The first-order valence-electron chi connectivity index (χ1n) is 10.8. The number of thiophene rings is 1. The highest BCUT2D eigenvalue weighted by Gasteiger charge is 2.25. The molecule has 0 unspecified atom stereocenters. The van der Waals surface area contributed by atoms with E-state index in [1.807, 2.05) is 47.1 Å². The van der Waals surface area contributed by atoms with E-state index in [0.717, 1.165) is 44.6 Å². The lowest BCUT2D eigenvalue weighted by atomic mass is 10.1. The minimum atomic E-state index is 0.0442. The van der Waals surface area contributed by atoms with Gasteiger partial charge in [0.05, 0.1) is 9.58 Å². The predicted octanol–water partition coefficient (Wildman–Crippen LogP) is 4.50. The Labute approximate surface area is 191 Å². The lowest BCUT2D eigenvalue weighted by Gasteiger charge is -2.22. The smallest absolute Gasteiger partial charge is 0.264 e. The number of amides is 2. The molecule has 31 heavy (non-hydrogen) atoms. The number of hydrogen-bond acceptors (Lipinski definition) is 6. The summed E-state index contributed by atoms with van der Waals surface area (Å²) in [5.74, 6) is 0.0900. The second kappa shape index (κ2) is 9.36. The summed E-state index contributed by atoms with van der Waals surface area (Å²) in [4.78, 5) is 38.4. The van der Waals surface area contributed by atoms with Gasteiger partial charge in [-0.2, -0.15) is 0 Å². The van der Waals surface area contributed by atoms with Crippen LogP contribution in [0.25, 0.3) is 9.53 Å². The maximum Gasteiger partial charge on any atom is 0.264 e. The van der Waals surface area contributed by atoms with Crippen LogP contribution in [0.3, 0.4) is 0 Å². The van der Waals surface area contributed by atoms with Gasteiger partial charge in [-0.25, -0.2) is 4.98 Å². The summed E-state index contributed by atoms with van der Waals surface area (Å²) in [6, 6.07) is 9.67. The molecule has 164 valence electrons. The number of aromatic nitrogens is 1. The molecule has 3 aromatic rings. The Hall–Kier alpha value is -2.45. The van der Waals surface area contributed by atoms with E-state index >= 15 is 0 Å². The standard InChI is InChI=1S/C23H28N4O2S2/c1-4-25(5-2)23-24-20-18(31-23)15-19(30-20)22(29)27-11-7-10-26(12-13-27)21(28)17-9-6-8-16(3)14-17/h6,8-9,14-15H,4-5,7,10-13H2,1-3H3. The molecule has 0 radical (unpaired) electrons. The van der Waals surface area contributed by atoms with E-state index in [-0.39, 0.29) is 11.8 Å². The fourth-order valence-electron chi connectivity index (χ4n) is 3.90. The summed E-state index contributed by atoms with van der Waals surface area (Å²) in [5, 5.41) is 1.02. The quantitative estimate of drug-likeness (QED) is 0.567. The fourth-order valence-corrected chi connectivity index (χ4v) is 6.20. The molecule has 1 aliphatic rings. The van der Waals surface area contributed by atoms with Crippen LogP contribution in [0.1, 0.15) is 45.9 Å². The number of benzene rings is 1. The van der Waals surface area contributed by atoms with E-state index in [4.69, 9.17) is 4.98 Å². The van der Waals surface area contributed by atoms with E-state index in [1.165, 1.54) is 11.3 Å². The van der Waals surface area contributed by atoms with Crippen molar-refractivity contribution in [3.63, 3.8) is 0 Å². The normalized spacial score (nSPS) is 14.7. The van der Waals surface area contributed by atoms with Crippen molar-refractivity contribution in [2.75, 3.05) is 44.2 Å². The molecule has 2 amide bonds. The Morgan fingerprint density at radius 1 is 1.00 bits per heavy atom. The highest BCUT2D eigenvalue weighted by Crippen LogP contribution is 2.35. The van der Waals surface area contributed by atoms with Gasteiger partial charge in [0.15, 0.2) is 5.13 Å². The maximum atomic E-state index is 13.1. The number of carbonyl (C=O) groups is 2. The third kappa shape index (κ3) is 4.60. The minimum Gasteiger partial charge on any atom is -0.349 e. The lowest BCUT2D eigenvalue weighted by Crippen LogP contribution is -2.37. The van der Waals surface area contributed by atoms with Crippen LogP contribution in [0.2, 0.25) is 0 Å². The summed E-state index contributed by atoms with van der Waals surface area (Å²) in [6.07, 6.45) is 0.785. The molecular weight excluding hydrogens is 428 g/mol. The average Bonchev–Trinajstić information content (AvgIpc) is 3.24. The van der Waals surface area contributed by atoms with E-state index in [2.05, 4.69) is 18.7 Å². The second-order valence-corrected chi connectivity index (χ2v) is 9.80. The number of rotatable bonds is 5. The van der Waals surface area contributed by atoms with Crippen molar-refractivity contribution in [1.82, 2.24) is 14.8 Å².